The molecule has 10 nitrogen and oxygen atoms in total. The second kappa shape index (κ2) is 8.09. The first kappa shape index (κ1) is 21.6. The lowest BCUT2D eigenvalue weighted by atomic mass is 9.85. The van der Waals surface area contributed by atoms with Gasteiger partial charge >= 0.3 is 5.69 Å². The van der Waals surface area contributed by atoms with E-state index in [-0.39, 0.29) is 70.9 Å². The molecule has 2 aromatic carbocycles. The third-order valence-electron chi connectivity index (χ3n) is 6.83. The quantitative estimate of drug-likeness (QED) is 0.197. The zero-order valence-corrected chi connectivity index (χ0v) is 18.9. The van der Waals surface area contributed by atoms with Gasteiger partial charge < -0.3 is 14.2 Å². The molecular weight excluding hydrogens is 478 g/mol. The maximum absolute atomic E-state index is 12.8. The summed E-state index contributed by atoms with van der Waals surface area (Å²) < 4.78 is 16.3. The molecule has 178 valence electrons. The molecule has 2 bridgehead atoms. The first-order chi connectivity index (χ1) is 16.9. The average Bonchev–Trinajstić information content (AvgIpc) is 3.61. The van der Waals surface area contributed by atoms with E-state index in [0.29, 0.717) is 17.1 Å². The molecular formula is C24H18ClN3O7. The molecule has 4 aliphatic rings. The monoisotopic (exact) mass is 495 g/mol. The van der Waals surface area contributed by atoms with Crippen molar-refractivity contribution < 1.29 is 28.7 Å². The van der Waals surface area contributed by atoms with Crippen LogP contribution < -0.4 is 14.2 Å². The molecule has 0 spiro atoms. The zero-order valence-electron chi connectivity index (χ0n) is 18.1. The summed E-state index contributed by atoms with van der Waals surface area (Å²) in [6, 6.07) is 7.89. The van der Waals surface area contributed by atoms with Crippen LogP contribution >= 0.6 is 11.6 Å². The van der Waals surface area contributed by atoms with Crippen molar-refractivity contribution in [1.82, 2.24) is 5.01 Å². The summed E-state index contributed by atoms with van der Waals surface area (Å²) in [5.41, 5.74) is 0.610. The number of rotatable bonds is 6. The van der Waals surface area contributed by atoms with Gasteiger partial charge in [-0.05, 0) is 42.0 Å². The number of imide groups is 1. The van der Waals surface area contributed by atoms with Crippen LogP contribution in [-0.2, 0) is 16.2 Å². The fourth-order valence-electron chi connectivity index (χ4n) is 5.26. The minimum Gasteiger partial charge on any atom is -0.481 e. The van der Waals surface area contributed by atoms with E-state index in [0.717, 1.165) is 11.4 Å². The van der Waals surface area contributed by atoms with Crippen LogP contribution in [0.5, 0.6) is 17.2 Å². The Labute approximate surface area is 203 Å². The Balaban J connectivity index is 1.22. The van der Waals surface area contributed by atoms with E-state index in [4.69, 9.17) is 25.8 Å². The van der Waals surface area contributed by atoms with E-state index < -0.39 is 4.92 Å². The number of nitro groups is 1. The Morgan fingerprint density at radius 2 is 1.83 bits per heavy atom. The maximum atomic E-state index is 12.8. The van der Waals surface area contributed by atoms with Gasteiger partial charge in [0.05, 0.1) is 28.0 Å². The number of hydrazone groups is 1. The smallest absolute Gasteiger partial charge is 0.313 e. The average molecular weight is 496 g/mol. The second-order valence-corrected chi connectivity index (χ2v) is 9.22. The van der Waals surface area contributed by atoms with Gasteiger partial charge in [-0.3, -0.25) is 19.7 Å². The number of halogens is 1. The van der Waals surface area contributed by atoms with Crippen molar-refractivity contribution in [3.05, 3.63) is 68.7 Å². The van der Waals surface area contributed by atoms with Crippen LogP contribution in [0, 0.1) is 33.8 Å². The van der Waals surface area contributed by atoms with E-state index in [1.165, 1.54) is 18.3 Å². The highest BCUT2D eigenvalue weighted by Crippen LogP contribution is 2.52. The fourth-order valence-corrected chi connectivity index (χ4v) is 5.54. The van der Waals surface area contributed by atoms with Gasteiger partial charge in [0.1, 0.15) is 6.61 Å². The van der Waals surface area contributed by atoms with Crippen molar-refractivity contribution in [2.75, 3.05) is 6.79 Å². The summed E-state index contributed by atoms with van der Waals surface area (Å²) in [6.45, 7) is 0.147. The number of nitrogens with zero attached hydrogens (tertiary/aromatic N) is 3. The van der Waals surface area contributed by atoms with Gasteiger partial charge in [0.15, 0.2) is 11.5 Å². The van der Waals surface area contributed by atoms with E-state index in [9.17, 15) is 19.7 Å². The van der Waals surface area contributed by atoms with Crippen molar-refractivity contribution in [3.8, 4) is 17.2 Å². The van der Waals surface area contributed by atoms with E-state index in [1.807, 2.05) is 12.2 Å². The Hall–Kier alpha value is -3.92. The highest BCUT2D eigenvalue weighted by atomic mass is 35.5. The van der Waals surface area contributed by atoms with Crippen molar-refractivity contribution >= 4 is 35.3 Å². The van der Waals surface area contributed by atoms with Crippen LogP contribution in [0.25, 0.3) is 0 Å². The molecule has 2 fully saturated rings. The van der Waals surface area contributed by atoms with Crippen LogP contribution in [0.1, 0.15) is 17.5 Å². The maximum Gasteiger partial charge on any atom is 0.313 e. The molecule has 1 saturated heterocycles. The molecule has 2 aliphatic heterocycles. The number of amides is 2. The van der Waals surface area contributed by atoms with Crippen molar-refractivity contribution in [2.45, 2.75) is 13.0 Å². The number of carbonyl (C=O) groups is 2. The Morgan fingerprint density at radius 1 is 1.11 bits per heavy atom. The Morgan fingerprint density at radius 3 is 2.54 bits per heavy atom. The number of ether oxygens (including phenoxy) is 3. The van der Waals surface area contributed by atoms with Gasteiger partial charge in [-0.2, -0.15) is 10.1 Å². The number of carbonyl (C=O) groups excluding carboxylic acids is 2. The molecule has 35 heavy (non-hydrogen) atoms. The predicted molar refractivity (Wildman–Crippen MR) is 122 cm³/mol. The molecule has 0 N–H and O–H groups in total. The fraction of sp³-hybridized carbons (Fsp3) is 0.292. The third-order valence-corrected chi connectivity index (χ3v) is 7.11. The first-order valence-corrected chi connectivity index (χ1v) is 11.4. The van der Waals surface area contributed by atoms with Crippen molar-refractivity contribution in [1.29, 1.82) is 0 Å². The summed E-state index contributed by atoms with van der Waals surface area (Å²) in [6.07, 6.45) is 6.04. The number of hydrogen-bond acceptors (Lipinski definition) is 8. The van der Waals surface area contributed by atoms with Gasteiger partial charge in [-0.15, -0.1) is 0 Å². The van der Waals surface area contributed by atoms with Gasteiger partial charge in [0, 0.05) is 11.6 Å². The lowest BCUT2D eigenvalue weighted by Crippen LogP contribution is -2.28. The normalized spacial score (nSPS) is 25.7. The molecule has 0 aromatic heterocycles. The molecule has 2 amide bonds. The molecule has 1 saturated carbocycles. The van der Waals surface area contributed by atoms with Crippen molar-refractivity contribution in [2.24, 2.45) is 28.8 Å². The number of nitro benzene ring substituents is 1. The van der Waals surface area contributed by atoms with Gasteiger partial charge in [-0.25, -0.2) is 0 Å². The molecule has 4 atom stereocenters. The van der Waals surface area contributed by atoms with E-state index in [1.54, 1.807) is 18.2 Å². The van der Waals surface area contributed by atoms with Crippen LogP contribution in [0.15, 0.2) is 47.6 Å². The minimum atomic E-state index is -0.613. The van der Waals surface area contributed by atoms with Crippen LogP contribution in [0.3, 0.4) is 0 Å². The number of fused-ring (bicyclic) bond motifs is 6. The van der Waals surface area contributed by atoms with Gasteiger partial charge in [-0.1, -0.05) is 29.8 Å². The van der Waals surface area contributed by atoms with Crippen LogP contribution in [-0.4, -0.2) is 34.8 Å². The summed E-state index contributed by atoms with van der Waals surface area (Å²) in [5.74, 6) is -0.205. The number of hydrogen-bond donors (Lipinski definition) is 0. The first-order valence-electron chi connectivity index (χ1n) is 11.0. The minimum absolute atomic E-state index is 0.000387. The molecule has 2 heterocycles. The molecule has 2 aromatic rings. The third kappa shape index (κ3) is 3.52. The number of allylic oxidation sites excluding steroid dienone is 2. The lowest BCUT2D eigenvalue weighted by molar-refractivity contribution is -0.385. The summed E-state index contributed by atoms with van der Waals surface area (Å²) in [4.78, 5) is 36.7. The highest BCUT2D eigenvalue weighted by molar-refractivity contribution is 6.32. The Kier molecular flexibility index (Phi) is 4.99. The molecule has 0 radical (unpaired) electrons. The van der Waals surface area contributed by atoms with Crippen LogP contribution in [0.4, 0.5) is 5.69 Å². The number of benzene rings is 2. The largest absolute Gasteiger partial charge is 0.481 e. The Bertz CT molecular complexity index is 1310. The molecule has 2 aliphatic carbocycles. The zero-order chi connectivity index (χ0) is 24.3. The molecule has 6 rings (SSSR count). The topological polar surface area (TPSA) is 121 Å². The highest BCUT2D eigenvalue weighted by Gasteiger charge is 2.59. The molecule has 11 heteroatoms. The standard InChI is InChI=1S/C24H18ClN3O7/c25-16-5-13(9-26-27-23(29)20-14-2-3-15(8-14)21(20)24(27)30)6-17(28(31)32)22(16)33-10-12-1-4-18-19(7-12)35-11-34-18/h1-7,9,14-15,20-21H,8,10-11H2/t14-,15-,20-,21+/m0/s1. The second-order valence-electron chi connectivity index (χ2n) is 8.82. The van der Waals surface area contributed by atoms with Gasteiger partial charge in [0.2, 0.25) is 12.5 Å². The summed E-state index contributed by atoms with van der Waals surface area (Å²) >= 11 is 6.32. The van der Waals surface area contributed by atoms with E-state index >= 15 is 0 Å². The van der Waals surface area contributed by atoms with Crippen molar-refractivity contribution in [3.63, 3.8) is 0 Å². The van der Waals surface area contributed by atoms with Crippen LogP contribution in [0.2, 0.25) is 5.02 Å². The predicted octanol–water partition coefficient (Wildman–Crippen LogP) is 3.70. The SMILES string of the molecule is O=C1[C@@H]2[C@H](C(=O)N1N=Cc1cc(Cl)c(OCc3ccc4c(c3)OCO4)c([N+](=O)[O-])c1)[C@H]1C=C[C@H]2C1. The summed E-state index contributed by atoms with van der Waals surface area (Å²) in [5, 5.41) is 16.7. The summed E-state index contributed by atoms with van der Waals surface area (Å²) in [7, 11) is 0. The molecule has 0 unspecified atom stereocenters. The van der Waals surface area contributed by atoms with Gasteiger partial charge in [0.25, 0.3) is 11.8 Å². The van der Waals surface area contributed by atoms with E-state index in [2.05, 4.69) is 5.10 Å². The lowest BCUT2D eigenvalue weighted by Gasteiger charge is -2.13.